The highest BCUT2D eigenvalue weighted by atomic mass is 14.9. The minimum atomic E-state index is 0.955. The molecule has 0 fully saturated rings. The van der Waals surface area contributed by atoms with Crippen LogP contribution >= 0.6 is 0 Å². The van der Waals surface area contributed by atoms with E-state index in [4.69, 9.17) is 6.42 Å². The zero-order valence-corrected chi connectivity index (χ0v) is 9.07. The number of aryl methyl sites for hydroxylation is 1. The number of hydrogen-bond acceptors (Lipinski definition) is 0. The molecule has 0 aliphatic rings. The summed E-state index contributed by atoms with van der Waals surface area (Å²) in [6, 6.07) is 14.5. The first-order valence-electron chi connectivity index (χ1n) is 5.25. The molecule has 0 aliphatic carbocycles. The van der Waals surface area contributed by atoms with Gasteiger partial charge in [-0.3, -0.25) is 0 Å². The summed E-state index contributed by atoms with van der Waals surface area (Å²) in [5.41, 5.74) is 3.32. The van der Waals surface area contributed by atoms with Gasteiger partial charge in [-0.05, 0) is 12.1 Å². The molecule has 1 heterocycles. The summed E-state index contributed by atoms with van der Waals surface area (Å²) in [5.74, 6) is 2.75. The first kappa shape index (κ1) is 9.06. The first-order chi connectivity index (χ1) is 7.83. The standard InChI is InChI=1S/C15H11N/c1-3-11-7-6-9-13-12-8-4-5-10-14(12)16(2)15(11)13/h1,4-10H,2H3. The van der Waals surface area contributed by atoms with E-state index in [0.29, 0.717) is 0 Å². The Morgan fingerprint density at radius 2 is 1.75 bits per heavy atom. The van der Waals surface area contributed by atoms with Crippen LogP contribution in [-0.4, -0.2) is 4.57 Å². The molecule has 0 amide bonds. The molecule has 0 N–H and O–H groups in total. The highest BCUT2D eigenvalue weighted by Gasteiger charge is 2.09. The van der Waals surface area contributed by atoms with Crippen LogP contribution in [0.5, 0.6) is 0 Å². The summed E-state index contributed by atoms with van der Waals surface area (Å²) in [6.45, 7) is 0. The zero-order valence-electron chi connectivity index (χ0n) is 9.07. The number of nitrogens with zero attached hydrogens (tertiary/aromatic N) is 1. The lowest BCUT2D eigenvalue weighted by Crippen LogP contribution is -1.89. The van der Waals surface area contributed by atoms with Gasteiger partial charge in [0, 0.05) is 28.9 Å². The number of fused-ring (bicyclic) bond motifs is 3. The minimum absolute atomic E-state index is 0.955. The van der Waals surface area contributed by atoms with Gasteiger partial charge >= 0.3 is 0 Å². The fourth-order valence-electron chi connectivity index (χ4n) is 2.35. The van der Waals surface area contributed by atoms with Crippen LogP contribution in [0.3, 0.4) is 0 Å². The molecule has 3 rings (SSSR count). The fourth-order valence-corrected chi connectivity index (χ4v) is 2.35. The SMILES string of the molecule is C#Cc1cccc2c3ccccc3n(C)c12. The molecule has 0 aliphatic heterocycles. The second-order valence-corrected chi connectivity index (χ2v) is 3.92. The van der Waals surface area contributed by atoms with Crippen LogP contribution in [0, 0.1) is 12.3 Å². The van der Waals surface area contributed by atoms with Crippen LogP contribution < -0.4 is 0 Å². The van der Waals surface area contributed by atoms with Gasteiger partial charge in [0.2, 0.25) is 0 Å². The van der Waals surface area contributed by atoms with Crippen LogP contribution in [0.15, 0.2) is 42.5 Å². The summed E-state index contributed by atoms with van der Waals surface area (Å²) < 4.78 is 2.17. The van der Waals surface area contributed by atoms with Crippen LogP contribution in [0.4, 0.5) is 0 Å². The summed E-state index contributed by atoms with van der Waals surface area (Å²) in [7, 11) is 2.06. The highest BCUT2D eigenvalue weighted by Crippen LogP contribution is 2.29. The molecule has 76 valence electrons. The summed E-state index contributed by atoms with van der Waals surface area (Å²) in [4.78, 5) is 0. The number of rotatable bonds is 0. The van der Waals surface area contributed by atoms with Crippen molar-refractivity contribution in [3.63, 3.8) is 0 Å². The Morgan fingerprint density at radius 3 is 2.56 bits per heavy atom. The van der Waals surface area contributed by atoms with Gasteiger partial charge < -0.3 is 4.57 Å². The molecule has 1 nitrogen and oxygen atoms in total. The topological polar surface area (TPSA) is 4.93 Å². The van der Waals surface area contributed by atoms with E-state index >= 15 is 0 Å². The fraction of sp³-hybridized carbons (Fsp3) is 0.0667. The van der Waals surface area contributed by atoms with Gasteiger partial charge in [0.05, 0.1) is 5.52 Å². The van der Waals surface area contributed by atoms with Crippen molar-refractivity contribution in [3.05, 3.63) is 48.0 Å². The number of terminal acetylenes is 1. The zero-order chi connectivity index (χ0) is 11.1. The monoisotopic (exact) mass is 205 g/mol. The minimum Gasteiger partial charge on any atom is -0.343 e. The summed E-state index contributed by atoms with van der Waals surface area (Å²) >= 11 is 0. The quantitative estimate of drug-likeness (QED) is 0.496. The molecular weight excluding hydrogens is 194 g/mol. The Kier molecular flexibility index (Phi) is 1.78. The summed E-state index contributed by atoms with van der Waals surface area (Å²) in [5, 5.41) is 2.49. The van der Waals surface area contributed by atoms with E-state index in [0.717, 1.165) is 11.1 Å². The molecule has 0 bridgehead atoms. The highest BCUT2D eigenvalue weighted by molar-refractivity contribution is 6.09. The maximum atomic E-state index is 5.54. The Bertz CT molecular complexity index is 726. The van der Waals surface area contributed by atoms with Gasteiger partial charge in [-0.1, -0.05) is 36.3 Å². The van der Waals surface area contributed by atoms with Gasteiger partial charge in [0.15, 0.2) is 0 Å². The Balaban J connectivity index is 2.68. The maximum absolute atomic E-state index is 5.54. The van der Waals surface area contributed by atoms with Crippen molar-refractivity contribution in [2.24, 2.45) is 7.05 Å². The third-order valence-electron chi connectivity index (χ3n) is 3.08. The van der Waals surface area contributed by atoms with Crippen LogP contribution in [-0.2, 0) is 7.05 Å². The van der Waals surface area contributed by atoms with E-state index in [1.165, 1.54) is 16.3 Å². The van der Waals surface area contributed by atoms with E-state index in [1.807, 2.05) is 12.1 Å². The molecule has 1 heteroatoms. The third kappa shape index (κ3) is 1.02. The van der Waals surface area contributed by atoms with Gasteiger partial charge in [-0.2, -0.15) is 0 Å². The molecule has 0 saturated carbocycles. The molecule has 0 spiro atoms. The lowest BCUT2D eigenvalue weighted by molar-refractivity contribution is 1.01. The number of benzene rings is 2. The van der Waals surface area contributed by atoms with Crippen LogP contribution in [0.1, 0.15) is 5.56 Å². The summed E-state index contributed by atoms with van der Waals surface area (Å²) in [6.07, 6.45) is 5.54. The van der Waals surface area contributed by atoms with E-state index < -0.39 is 0 Å². The Labute approximate surface area is 94.3 Å². The Morgan fingerprint density at radius 1 is 1.00 bits per heavy atom. The molecule has 16 heavy (non-hydrogen) atoms. The van der Waals surface area contributed by atoms with E-state index in [9.17, 15) is 0 Å². The second kappa shape index (κ2) is 3.15. The van der Waals surface area contributed by atoms with Crippen LogP contribution in [0.2, 0.25) is 0 Å². The molecular formula is C15H11N. The second-order valence-electron chi connectivity index (χ2n) is 3.92. The molecule has 0 radical (unpaired) electrons. The van der Waals surface area contributed by atoms with Crippen molar-refractivity contribution < 1.29 is 0 Å². The van der Waals surface area contributed by atoms with E-state index in [-0.39, 0.29) is 0 Å². The molecule has 0 atom stereocenters. The lowest BCUT2D eigenvalue weighted by atomic mass is 10.1. The normalized spacial score (nSPS) is 10.8. The molecule has 1 aromatic heterocycles. The predicted molar refractivity (Wildman–Crippen MR) is 68.4 cm³/mol. The smallest absolute Gasteiger partial charge is 0.0647 e. The number of aromatic nitrogens is 1. The van der Waals surface area contributed by atoms with Crippen molar-refractivity contribution in [3.8, 4) is 12.3 Å². The van der Waals surface area contributed by atoms with Crippen molar-refractivity contribution in [1.29, 1.82) is 0 Å². The van der Waals surface area contributed by atoms with Gasteiger partial charge in [0.1, 0.15) is 0 Å². The molecule has 0 saturated heterocycles. The maximum Gasteiger partial charge on any atom is 0.0647 e. The van der Waals surface area contributed by atoms with Gasteiger partial charge in [0.25, 0.3) is 0 Å². The van der Waals surface area contributed by atoms with Crippen LogP contribution in [0.25, 0.3) is 21.8 Å². The number of hydrogen-bond donors (Lipinski definition) is 0. The number of para-hydroxylation sites is 2. The van der Waals surface area contributed by atoms with Crippen molar-refractivity contribution in [1.82, 2.24) is 4.57 Å². The lowest BCUT2D eigenvalue weighted by Gasteiger charge is -1.99. The Hall–Kier alpha value is -2.20. The van der Waals surface area contributed by atoms with E-state index in [1.54, 1.807) is 0 Å². The van der Waals surface area contributed by atoms with Gasteiger partial charge in [-0.15, -0.1) is 6.42 Å². The van der Waals surface area contributed by atoms with Crippen molar-refractivity contribution >= 4 is 21.8 Å². The molecule has 0 unspecified atom stereocenters. The third-order valence-corrected chi connectivity index (χ3v) is 3.08. The average molecular weight is 205 g/mol. The largest absolute Gasteiger partial charge is 0.343 e. The van der Waals surface area contributed by atoms with Crippen molar-refractivity contribution in [2.45, 2.75) is 0 Å². The van der Waals surface area contributed by atoms with E-state index in [2.05, 4.69) is 47.9 Å². The first-order valence-corrected chi connectivity index (χ1v) is 5.25. The molecule has 3 aromatic rings. The predicted octanol–water partition coefficient (Wildman–Crippen LogP) is 3.31. The average Bonchev–Trinajstić information content (AvgIpc) is 2.64. The molecule has 2 aromatic carbocycles. The van der Waals surface area contributed by atoms with Gasteiger partial charge in [-0.25, -0.2) is 0 Å². The van der Waals surface area contributed by atoms with Crippen molar-refractivity contribution in [2.75, 3.05) is 0 Å².